The van der Waals surface area contributed by atoms with E-state index in [0.717, 1.165) is 45.3 Å². The number of halogens is 1. The summed E-state index contributed by atoms with van der Waals surface area (Å²) in [6.45, 7) is 2.81. The molecule has 4 aromatic rings. The van der Waals surface area contributed by atoms with E-state index in [1.54, 1.807) is 6.07 Å². The van der Waals surface area contributed by atoms with Crippen molar-refractivity contribution in [2.75, 3.05) is 13.1 Å². The molecule has 0 spiro atoms. The van der Waals surface area contributed by atoms with Crippen molar-refractivity contribution in [1.29, 1.82) is 0 Å². The lowest BCUT2D eigenvalue weighted by atomic mass is 10.0. The third-order valence-corrected chi connectivity index (χ3v) is 5.61. The monoisotopic (exact) mass is 424 g/mol. The van der Waals surface area contributed by atoms with Crippen molar-refractivity contribution in [2.45, 2.75) is 13.0 Å². The fraction of sp³-hybridized carbons (Fsp3) is 0.200. The summed E-state index contributed by atoms with van der Waals surface area (Å²) in [5.74, 6) is 0.745. The van der Waals surface area contributed by atoms with Gasteiger partial charge in [0.1, 0.15) is 5.75 Å². The predicted octanol–water partition coefficient (Wildman–Crippen LogP) is 4.35. The first kappa shape index (κ1) is 16.5. The summed E-state index contributed by atoms with van der Waals surface area (Å²) in [7, 11) is 0. The van der Waals surface area contributed by atoms with Crippen LogP contribution in [0.25, 0.3) is 28.0 Å². The first-order valence-electron chi connectivity index (χ1n) is 8.81. The van der Waals surface area contributed by atoms with Crippen molar-refractivity contribution >= 4 is 26.8 Å². The van der Waals surface area contributed by atoms with E-state index in [4.69, 9.17) is 4.42 Å². The van der Waals surface area contributed by atoms with Gasteiger partial charge in [0, 0.05) is 33.9 Å². The molecule has 7 heteroatoms. The number of hydrogen-bond acceptors (Lipinski definition) is 5. The molecule has 1 aliphatic heterocycles. The van der Waals surface area contributed by atoms with Gasteiger partial charge >= 0.3 is 0 Å². The zero-order valence-electron chi connectivity index (χ0n) is 14.5. The highest BCUT2D eigenvalue weighted by Crippen LogP contribution is 2.38. The minimum atomic E-state index is 0.295. The van der Waals surface area contributed by atoms with Gasteiger partial charge in [0.05, 0.1) is 11.1 Å². The summed E-state index contributed by atoms with van der Waals surface area (Å²) < 4.78 is 8.62. The van der Waals surface area contributed by atoms with Crippen LogP contribution >= 0.6 is 15.9 Å². The second kappa shape index (κ2) is 6.51. The van der Waals surface area contributed by atoms with Crippen LogP contribution in [0.1, 0.15) is 12.0 Å². The lowest BCUT2D eigenvalue weighted by molar-refractivity contribution is 0.171. The van der Waals surface area contributed by atoms with Crippen LogP contribution in [0.2, 0.25) is 0 Å². The van der Waals surface area contributed by atoms with Crippen molar-refractivity contribution < 1.29 is 9.52 Å². The highest BCUT2D eigenvalue weighted by Gasteiger charge is 2.23. The number of benzene rings is 2. The Labute approximate surface area is 164 Å². The highest BCUT2D eigenvalue weighted by molar-refractivity contribution is 9.10. The molecular weight excluding hydrogens is 408 g/mol. The van der Waals surface area contributed by atoms with Gasteiger partial charge in [-0.3, -0.25) is 4.90 Å². The van der Waals surface area contributed by atoms with Crippen LogP contribution in [0.15, 0.2) is 57.9 Å². The molecule has 2 aromatic carbocycles. The predicted molar refractivity (Wildman–Crippen MR) is 106 cm³/mol. The number of likely N-dealkylation sites (tertiary alicyclic amines) is 1. The topological polar surface area (TPSA) is 67.3 Å². The SMILES string of the molecule is Oc1ccc2c(c(-c3nnco3)cn2-c2ccc(Br)cc2)c1CN1CCC1. The molecule has 0 aliphatic carbocycles. The van der Waals surface area contributed by atoms with Crippen LogP contribution in [0, 0.1) is 0 Å². The Morgan fingerprint density at radius 2 is 1.93 bits per heavy atom. The standard InChI is InChI=1S/C20H17BrN4O2/c21-13-2-4-14(5-3-13)25-11-16(20-23-22-12-27-20)19-15(10-24-8-1-9-24)18(26)7-6-17(19)25/h2-7,11-12,26H,1,8-10H2. The molecule has 27 heavy (non-hydrogen) atoms. The molecule has 0 unspecified atom stereocenters. The molecule has 3 heterocycles. The van der Waals surface area contributed by atoms with Gasteiger partial charge in [0.15, 0.2) is 0 Å². The molecule has 0 atom stereocenters. The second-order valence-electron chi connectivity index (χ2n) is 6.72. The van der Waals surface area contributed by atoms with Crippen LogP contribution < -0.4 is 0 Å². The Kier molecular flexibility index (Phi) is 3.98. The average Bonchev–Trinajstić information content (AvgIpc) is 3.27. The molecule has 6 nitrogen and oxygen atoms in total. The van der Waals surface area contributed by atoms with Gasteiger partial charge in [-0.2, -0.15) is 0 Å². The number of hydrogen-bond donors (Lipinski definition) is 1. The molecule has 0 amide bonds. The van der Waals surface area contributed by atoms with E-state index in [2.05, 4.69) is 35.6 Å². The minimum Gasteiger partial charge on any atom is -0.508 e. The molecule has 1 aliphatic rings. The lowest BCUT2D eigenvalue weighted by Gasteiger charge is -2.31. The first-order chi connectivity index (χ1) is 13.2. The number of nitrogens with zero attached hydrogens (tertiary/aromatic N) is 4. The van der Waals surface area contributed by atoms with Crippen molar-refractivity contribution in [3.8, 4) is 22.9 Å². The average molecular weight is 425 g/mol. The Morgan fingerprint density at radius 1 is 1.11 bits per heavy atom. The quantitative estimate of drug-likeness (QED) is 0.527. The number of aromatic nitrogens is 3. The summed E-state index contributed by atoms with van der Waals surface area (Å²) in [5.41, 5.74) is 3.75. The van der Waals surface area contributed by atoms with E-state index in [1.807, 2.05) is 36.5 Å². The molecule has 0 bridgehead atoms. The normalized spacial score (nSPS) is 14.6. The molecule has 2 aromatic heterocycles. The lowest BCUT2D eigenvalue weighted by Crippen LogP contribution is -2.36. The van der Waals surface area contributed by atoms with Gasteiger partial charge in [0.2, 0.25) is 12.3 Å². The molecule has 1 fully saturated rings. The molecule has 0 radical (unpaired) electrons. The summed E-state index contributed by atoms with van der Waals surface area (Å²) in [6.07, 6.45) is 4.53. The van der Waals surface area contributed by atoms with Crippen molar-refractivity contribution in [1.82, 2.24) is 19.7 Å². The van der Waals surface area contributed by atoms with E-state index >= 15 is 0 Å². The first-order valence-corrected chi connectivity index (χ1v) is 9.61. The second-order valence-corrected chi connectivity index (χ2v) is 7.64. The Hall–Kier alpha value is -2.64. The smallest absolute Gasteiger partial charge is 0.249 e. The number of phenolic OH excluding ortho intramolecular Hbond substituents is 1. The largest absolute Gasteiger partial charge is 0.508 e. The zero-order valence-corrected chi connectivity index (χ0v) is 16.1. The maximum atomic E-state index is 10.6. The van der Waals surface area contributed by atoms with Crippen molar-refractivity contribution in [2.24, 2.45) is 0 Å². The van der Waals surface area contributed by atoms with Crippen LogP contribution in [0.4, 0.5) is 0 Å². The molecular formula is C20H17BrN4O2. The van der Waals surface area contributed by atoms with E-state index in [0.29, 0.717) is 18.2 Å². The highest BCUT2D eigenvalue weighted by atomic mass is 79.9. The molecule has 5 rings (SSSR count). The maximum absolute atomic E-state index is 10.6. The van der Waals surface area contributed by atoms with Crippen LogP contribution in [0.3, 0.4) is 0 Å². The van der Waals surface area contributed by atoms with Gasteiger partial charge in [-0.15, -0.1) is 10.2 Å². The Bertz CT molecular complexity index is 1100. The molecule has 136 valence electrons. The number of fused-ring (bicyclic) bond motifs is 1. The molecule has 0 saturated carbocycles. The summed E-state index contributed by atoms with van der Waals surface area (Å²) in [4.78, 5) is 2.32. The van der Waals surface area contributed by atoms with Crippen LogP contribution in [-0.4, -0.2) is 37.9 Å². The maximum Gasteiger partial charge on any atom is 0.249 e. The van der Waals surface area contributed by atoms with Gasteiger partial charge in [-0.05, 0) is 55.9 Å². The molecule has 1 saturated heterocycles. The Balaban J connectivity index is 1.77. The summed E-state index contributed by atoms with van der Waals surface area (Å²) >= 11 is 3.49. The third-order valence-electron chi connectivity index (χ3n) is 5.08. The fourth-order valence-corrected chi connectivity index (χ4v) is 3.84. The minimum absolute atomic E-state index is 0.295. The Morgan fingerprint density at radius 3 is 2.59 bits per heavy atom. The summed E-state index contributed by atoms with van der Waals surface area (Å²) in [6, 6.07) is 11.8. The van der Waals surface area contributed by atoms with Gasteiger partial charge in [-0.25, -0.2) is 0 Å². The summed E-state index contributed by atoms with van der Waals surface area (Å²) in [5, 5.41) is 19.5. The van der Waals surface area contributed by atoms with E-state index in [-0.39, 0.29) is 0 Å². The van der Waals surface area contributed by atoms with Gasteiger partial charge in [0.25, 0.3) is 0 Å². The number of aromatic hydroxyl groups is 1. The third kappa shape index (κ3) is 2.83. The van der Waals surface area contributed by atoms with E-state index < -0.39 is 0 Å². The van der Waals surface area contributed by atoms with Crippen LogP contribution in [0.5, 0.6) is 5.75 Å². The number of phenols is 1. The van der Waals surface area contributed by atoms with Crippen molar-refractivity contribution in [3.05, 3.63) is 59.0 Å². The van der Waals surface area contributed by atoms with E-state index in [9.17, 15) is 5.11 Å². The fourth-order valence-electron chi connectivity index (χ4n) is 3.58. The molecule has 1 N–H and O–H groups in total. The number of rotatable bonds is 4. The van der Waals surface area contributed by atoms with Crippen molar-refractivity contribution in [3.63, 3.8) is 0 Å². The van der Waals surface area contributed by atoms with Gasteiger partial charge in [-0.1, -0.05) is 15.9 Å². The van der Waals surface area contributed by atoms with Gasteiger partial charge < -0.3 is 14.1 Å². The zero-order chi connectivity index (χ0) is 18.4. The van der Waals surface area contributed by atoms with E-state index in [1.165, 1.54) is 12.8 Å². The van der Waals surface area contributed by atoms with Crippen LogP contribution in [-0.2, 0) is 6.54 Å².